The minimum absolute atomic E-state index is 0.334. The summed E-state index contributed by atoms with van der Waals surface area (Å²) in [5.74, 6) is 0. The minimum Gasteiger partial charge on any atom is -0.397 e. The van der Waals surface area contributed by atoms with Gasteiger partial charge in [0.2, 0.25) is 0 Å². The second-order valence-corrected chi connectivity index (χ2v) is 4.42. The molecule has 4 N–H and O–H groups in total. The molecular weight excluding hydrogens is 226 g/mol. The molecule has 4 heteroatoms. The van der Waals surface area contributed by atoms with Gasteiger partial charge < -0.3 is 16.2 Å². The van der Waals surface area contributed by atoms with E-state index in [2.05, 4.69) is 17.2 Å². The number of hydrogen-bond acceptors (Lipinski definition) is 4. The summed E-state index contributed by atoms with van der Waals surface area (Å²) in [6, 6.07) is 7.66. The lowest BCUT2D eigenvalue weighted by atomic mass is 10.1. The van der Waals surface area contributed by atoms with Crippen LogP contribution in [-0.4, -0.2) is 22.7 Å². The second-order valence-electron chi connectivity index (χ2n) is 4.42. The lowest BCUT2D eigenvalue weighted by molar-refractivity contribution is 0.176. The summed E-state index contributed by atoms with van der Waals surface area (Å²) in [7, 11) is 0. The molecule has 4 nitrogen and oxygen atoms in total. The zero-order valence-corrected chi connectivity index (χ0v) is 10.6. The van der Waals surface area contributed by atoms with Crippen molar-refractivity contribution in [3.05, 3.63) is 30.5 Å². The van der Waals surface area contributed by atoms with Gasteiger partial charge in [0.1, 0.15) is 0 Å². The van der Waals surface area contributed by atoms with E-state index < -0.39 is 0 Å². The summed E-state index contributed by atoms with van der Waals surface area (Å²) in [5.41, 5.74) is 8.52. The lowest BCUT2D eigenvalue weighted by Gasteiger charge is -2.14. The highest BCUT2D eigenvalue weighted by atomic mass is 16.3. The Morgan fingerprint density at radius 2 is 2.22 bits per heavy atom. The molecule has 1 atom stereocenters. The summed E-state index contributed by atoms with van der Waals surface area (Å²) in [4.78, 5) is 4.25. The molecule has 0 aliphatic rings. The fourth-order valence-corrected chi connectivity index (χ4v) is 1.99. The molecule has 0 saturated carbocycles. The number of nitrogens with zero attached hydrogens (tertiary/aromatic N) is 1. The van der Waals surface area contributed by atoms with Gasteiger partial charge in [-0.15, -0.1) is 0 Å². The Hall–Kier alpha value is -1.81. The van der Waals surface area contributed by atoms with Gasteiger partial charge in [-0.1, -0.05) is 13.3 Å². The van der Waals surface area contributed by atoms with Crippen molar-refractivity contribution < 1.29 is 5.11 Å². The number of anilines is 2. The van der Waals surface area contributed by atoms with E-state index >= 15 is 0 Å². The second kappa shape index (κ2) is 5.69. The summed E-state index contributed by atoms with van der Waals surface area (Å²) >= 11 is 0. The van der Waals surface area contributed by atoms with Gasteiger partial charge in [0, 0.05) is 18.1 Å². The van der Waals surface area contributed by atoms with Crippen molar-refractivity contribution in [1.82, 2.24) is 4.98 Å². The molecule has 18 heavy (non-hydrogen) atoms. The van der Waals surface area contributed by atoms with Crippen molar-refractivity contribution in [3.8, 4) is 0 Å². The maximum atomic E-state index is 9.70. The number of benzene rings is 1. The molecule has 2 rings (SSSR count). The van der Waals surface area contributed by atoms with Crippen molar-refractivity contribution in [3.63, 3.8) is 0 Å². The van der Waals surface area contributed by atoms with Gasteiger partial charge in [-0.05, 0) is 30.7 Å². The van der Waals surface area contributed by atoms with E-state index in [9.17, 15) is 5.11 Å². The normalized spacial score (nSPS) is 12.6. The molecule has 0 saturated heterocycles. The summed E-state index contributed by atoms with van der Waals surface area (Å²) in [6.07, 6.45) is 3.18. The summed E-state index contributed by atoms with van der Waals surface area (Å²) in [6.45, 7) is 2.57. The molecule has 0 aliphatic carbocycles. The van der Waals surface area contributed by atoms with Crippen LogP contribution in [0, 0.1) is 0 Å². The Balaban J connectivity index is 2.16. The zero-order chi connectivity index (χ0) is 13.0. The molecule has 2 aromatic rings. The number of aliphatic hydroxyl groups is 1. The van der Waals surface area contributed by atoms with Gasteiger partial charge in [-0.2, -0.15) is 0 Å². The van der Waals surface area contributed by atoms with E-state index in [0.717, 1.165) is 29.4 Å². The number of aliphatic hydroxyl groups excluding tert-OH is 1. The Bertz CT molecular complexity index is 527. The number of nitrogens with two attached hydrogens (primary N) is 1. The highest BCUT2D eigenvalue weighted by molar-refractivity contribution is 5.96. The SMILES string of the molecule is CCCC(O)CNc1ccc2ncccc2c1N. The number of pyridine rings is 1. The van der Waals surface area contributed by atoms with E-state index in [1.807, 2.05) is 24.3 Å². The van der Waals surface area contributed by atoms with Gasteiger partial charge in [0.05, 0.1) is 23.0 Å². The minimum atomic E-state index is -0.334. The Kier molecular flexibility index (Phi) is 3.99. The Labute approximate surface area is 107 Å². The molecule has 1 unspecified atom stereocenters. The number of hydrogen-bond donors (Lipinski definition) is 3. The van der Waals surface area contributed by atoms with Crippen LogP contribution >= 0.6 is 0 Å². The van der Waals surface area contributed by atoms with Crippen molar-refractivity contribution in [2.45, 2.75) is 25.9 Å². The van der Waals surface area contributed by atoms with Crippen LogP contribution in [0.1, 0.15) is 19.8 Å². The highest BCUT2D eigenvalue weighted by Gasteiger charge is 2.07. The van der Waals surface area contributed by atoms with Crippen LogP contribution in [0.2, 0.25) is 0 Å². The summed E-state index contributed by atoms with van der Waals surface area (Å²) in [5, 5.41) is 13.8. The first-order valence-corrected chi connectivity index (χ1v) is 6.27. The number of aromatic nitrogens is 1. The third-order valence-electron chi connectivity index (χ3n) is 2.98. The molecular formula is C14H19N3O. The lowest BCUT2D eigenvalue weighted by Crippen LogP contribution is -2.19. The largest absolute Gasteiger partial charge is 0.397 e. The van der Waals surface area contributed by atoms with E-state index in [-0.39, 0.29) is 6.10 Å². The van der Waals surface area contributed by atoms with Gasteiger partial charge in [0.15, 0.2) is 0 Å². The van der Waals surface area contributed by atoms with Crippen LogP contribution in [0.25, 0.3) is 10.9 Å². The van der Waals surface area contributed by atoms with Crippen LogP contribution in [0.3, 0.4) is 0 Å². The third kappa shape index (κ3) is 2.71. The van der Waals surface area contributed by atoms with Crippen LogP contribution < -0.4 is 11.1 Å². The summed E-state index contributed by atoms with van der Waals surface area (Å²) < 4.78 is 0. The predicted molar refractivity (Wildman–Crippen MR) is 75.6 cm³/mol. The van der Waals surface area contributed by atoms with E-state index in [1.54, 1.807) is 6.20 Å². The van der Waals surface area contributed by atoms with E-state index in [1.165, 1.54) is 0 Å². The molecule has 0 radical (unpaired) electrons. The van der Waals surface area contributed by atoms with Crippen LogP contribution in [-0.2, 0) is 0 Å². The van der Waals surface area contributed by atoms with Crippen molar-refractivity contribution in [2.75, 3.05) is 17.6 Å². The quantitative estimate of drug-likeness (QED) is 0.707. The molecule has 0 aliphatic heterocycles. The highest BCUT2D eigenvalue weighted by Crippen LogP contribution is 2.27. The van der Waals surface area contributed by atoms with Crippen LogP contribution in [0.15, 0.2) is 30.5 Å². The number of rotatable bonds is 5. The Morgan fingerprint density at radius 3 is 3.00 bits per heavy atom. The fourth-order valence-electron chi connectivity index (χ4n) is 1.99. The third-order valence-corrected chi connectivity index (χ3v) is 2.98. The smallest absolute Gasteiger partial charge is 0.0724 e. The number of fused-ring (bicyclic) bond motifs is 1. The molecule has 0 amide bonds. The first-order valence-electron chi connectivity index (χ1n) is 6.27. The average molecular weight is 245 g/mol. The van der Waals surface area contributed by atoms with Gasteiger partial charge in [-0.3, -0.25) is 4.98 Å². The van der Waals surface area contributed by atoms with Gasteiger partial charge in [0.25, 0.3) is 0 Å². The van der Waals surface area contributed by atoms with Gasteiger partial charge >= 0.3 is 0 Å². The maximum absolute atomic E-state index is 9.70. The fraction of sp³-hybridized carbons (Fsp3) is 0.357. The Morgan fingerprint density at radius 1 is 1.39 bits per heavy atom. The van der Waals surface area contributed by atoms with Crippen LogP contribution in [0.4, 0.5) is 11.4 Å². The van der Waals surface area contributed by atoms with Gasteiger partial charge in [-0.25, -0.2) is 0 Å². The maximum Gasteiger partial charge on any atom is 0.0724 e. The molecule has 1 heterocycles. The first kappa shape index (κ1) is 12.6. The topological polar surface area (TPSA) is 71.2 Å². The molecule has 1 aromatic carbocycles. The van der Waals surface area contributed by atoms with Crippen molar-refractivity contribution in [2.24, 2.45) is 0 Å². The first-order chi connectivity index (χ1) is 8.72. The number of nitrogen functional groups attached to an aromatic ring is 1. The van der Waals surface area contributed by atoms with Crippen molar-refractivity contribution in [1.29, 1.82) is 0 Å². The predicted octanol–water partition coefficient (Wildman–Crippen LogP) is 2.39. The molecule has 96 valence electrons. The molecule has 0 fully saturated rings. The van der Waals surface area contributed by atoms with Crippen LogP contribution in [0.5, 0.6) is 0 Å². The average Bonchev–Trinajstić information content (AvgIpc) is 2.39. The van der Waals surface area contributed by atoms with E-state index in [0.29, 0.717) is 12.2 Å². The zero-order valence-electron chi connectivity index (χ0n) is 10.6. The standard InChI is InChI=1S/C14H19N3O/c1-2-4-10(18)9-17-13-7-6-12-11(14(13)15)5-3-8-16-12/h3,5-8,10,17-18H,2,4,9,15H2,1H3. The monoisotopic (exact) mass is 245 g/mol. The van der Waals surface area contributed by atoms with E-state index in [4.69, 9.17) is 5.73 Å². The van der Waals surface area contributed by atoms with Crippen molar-refractivity contribution >= 4 is 22.3 Å². The molecule has 0 bridgehead atoms. The number of nitrogens with one attached hydrogen (secondary N) is 1. The molecule has 1 aromatic heterocycles. The molecule has 0 spiro atoms.